The fourth-order valence-corrected chi connectivity index (χ4v) is 3.49. The highest BCUT2D eigenvalue weighted by atomic mass is 19.4. The second-order valence-electron chi connectivity index (χ2n) is 6.87. The van der Waals surface area contributed by atoms with Gasteiger partial charge in [-0.3, -0.25) is 0 Å². The summed E-state index contributed by atoms with van der Waals surface area (Å²) in [5.74, 6) is 0.414. The summed E-state index contributed by atoms with van der Waals surface area (Å²) < 4.78 is 50.9. The average molecular weight is 408 g/mol. The Kier molecular flexibility index (Phi) is 4.81. The fourth-order valence-electron chi connectivity index (χ4n) is 3.49. The molecular weight excluding hydrogens is 389 g/mol. The number of methoxy groups -OCH3 is 2. The largest absolute Gasteiger partial charge is 0.480 e. The number of aromatic nitrogens is 4. The fraction of sp³-hybridized carbons (Fsp3) is 0.421. The van der Waals surface area contributed by atoms with Crippen LogP contribution < -0.4 is 9.47 Å². The number of hydrogen-bond acceptors (Lipinski definition) is 6. The highest BCUT2D eigenvalue weighted by molar-refractivity contribution is 5.84. The Labute approximate surface area is 164 Å². The molecule has 1 aliphatic rings. The summed E-state index contributed by atoms with van der Waals surface area (Å²) in [6.07, 6.45) is -2.56. The maximum absolute atomic E-state index is 12.9. The number of fused-ring (bicyclic) bond motifs is 1. The van der Waals surface area contributed by atoms with Gasteiger partial charge in [0.15, 0.2) is 5.65 Å². The maximum Gasteiger partial charge on any atom is 0.416 e. The van der Waals surface area contributed by atoms with E-state index in [0.29, 0.717) is 22.3 Å². The Morgan fingerprint density at radius 3 is 2.34 bits per heavy atom. The van der Waals surface area contributed by atoms with Crippen LogP contribution in [0, 0.1) is 5.92 Å². The SMILES string of the molecule is COc1nc(OC)c2c(CO)nn(C(c3ccc(C(F)(F)F)cc3)C3CC3)c2n1. The van der Waals surface area contributed by atoms with Gasteiger partial charge in [-0.05, 0) is 36.5 Å². The molecule has 4 rings (SSSR count). The molecule has 0 saturated heterocycles. The Hall–Kier alpha value is -2.88. The summed E-state index contributed by atoms with van der Waals surface area (Å²) >= 11 is 0. The molecule has 10 heteroatoms. The number of rotatable bonds is 6. The molecule has 2 heterocycles. The van der Waals surface area contributed by atoms with Gasteiger partial charge >= 0.3 is 12.2 Å². The maximum atomic E-state index is 12.9. The normalized spacial score (nSPS) is 15.5. The van der Waals surface area contributed by atoms with E-state index < -0.39 is 11.7 Å². The van der Waals surface area contributed by atoms with Crippen LogP contribution in [0.25, 0.3) is 11.0 Å². The standard InChI is InChI=1S/C19H19F3N4O3/c1-28-17-14-13(9-27)25-26(16(14)23-18(24-17)29-2)15(10-3-4-10)11-5-7-12(8-6-11)19(20,21)22/h5-8,10,15,27H,3-4,9H2,1-2H3. The van der Waals surface area contributed by atoms with Crippen molar-refractivity contribution in [2.75, 3.05) is 14.2 Å². The summed E-state index contributed by atoms with van der Waals surface area (Å²) in [5, 5.41) is 14.7. The molecule has 7 nitrogen and oxygen atoms in total. The molecule has 0 radical (unpaired) electrons. The van der Waals surface area contributed by atoms with Crippen LogP contribution in [-0.2, 0) is 12.8 Å². The summed E-state index contributed by atoms with van der Waals surface area (Å²) in [7, 11) is 2.86. The van der Waals surface area contributed by atoms with Crippen LogP contribution in [0.4, 0.5) is 13.2 Å². The van der Waals surface area contributed by atoms with E-state index in [0.717, 1.165) is 25.0 Å². The second-order valence-corrected chi connectivity index (χ2v) is 6.87. The molecule has 0 bridgehead atoms. The van der Waals surface area contributed by atoms with E-state index in [4.69, 9.17) is 9.47 Å². The first-order valence-electron chi connectivity index (χ1n) is 9.02. The molecule has 1 unspecified atom stereocenters. The van der Waals surface area contributed by atoms with Gasteiger partial charge < -0.3 is 14.6 Å². The molecular formula is C19H19F3N4O3. The molecule has 1 N–H and O–H groups in total. The number of nitrogens with zero attached hydrogens (tertiary/aromatic N) is 4. The van der Waals surface area contributed by atoms with Crippen molar-refractivity contribution in [3.05, 3.63) is 41.1 Å². The molecule has 0 spiro atoms. The third kappa shape index (κ3) is 3.48. The van der Waals surface area contributed by atoms with Gasteiger partial charge in [0.2, 0.25) is 5.88 Å². The van der Waals surface area contributed by atoms with Gasteiger partial charge in [-0.15, -0.1) is 0 Å². The predicted molar refractivity (Wildman–Crippen MR) is 96.7 cm³/mol. The Morgan fingerprint density at radius 1 is 1.14 bits per heavy atom. The van der Waals surface area contributed by atoms with E-state index in [9.17, 15) is 18.3 Å². The zero-order chi connectivity index (χ0) is 20.8. The summed E-state index contributed by atoms with van der Waals surface area (Å²) in [5.41, 5.74) is 0.709. The predicted octanol–water partition coefficient (Wildman–Crippen LogP) is 3.35. The zero-order valence-electron chi connectivity index (χ0n) is 15.8. The van der Waals surface area contributed by atoms with E-state index in [1.807, 2.05) is 0 Å². The van der Waals surface area contributed by atoms with Crippen molar-refractivity contribution >= 4 is 11.0 Å². The van der Waals surface area contributed by atoms with E-state index >= 15 is 0 Å². The van der Waals surface area contributed by atoms with Crippen LogP contribution in [0.2, 0.25) is 0 Å². The molecule has 1 aromatic carbocycles. The van der Waals surface area contributed by atoms with Crippen LogP contribution in [0.5, 0.6) is 11.9 Å². The highest BCUT2D eigenvalue weighted by Crippen LogP contribution is 2.45. The van der Waals surface area contributed by atoms with Gasteiger partial charge in [0, 0.05) is 0 Å². The molecule has 154 valence electrons. The highest BCUT2D eigenvalue weighted by Gasteiger charge is 2.37. The number of alkyl halides is 3. The van der Waals surface area contributed by atoms with Crippen molar-refractivity contribution in [3.63, 3.8) is 0 Å². The van der Waals surface area contributed by atoms with Crippen LogP contribution in [0.3, 0.4) is 0 Å². The Bertz CT molecular complexity index is 1030. The zero-order valence-corrected chi connectivity index (χ0v) is 15.8. The number of halogens is 3. The van der Waals surface area contributed by atoms with Crippen molar-refractivity contribution in [2.24, 2.45) is 5.92 Å². The van der Waals surface area contributed by atoms with Crippen LogP contribution in [0.1, 0.15) is 35.7 Å². The molecule has 3 aromatic rings. The first-order chi connectivity index (χ1) is 13.9. The molecule has 0 aliphatic heterocycles. The molecule has 2 aromatic heterocycles. The third-order valence-electron chi connectivity index (χ3n) is 5.01. The minimum Gasteiger partial charge on any atom is -0.480 e. The van der Waals surface area contributed by atoms with Crippen molar-refractivity contribution in [1.82, 2.24) is 19.7 Å². The quantitative estimate of drug-likeness (QED) is 0.674. The van der Waals surface area contributed by atoms with Gasteiger partial charge in [0.05, 0.1) is 32.4 Å². The van der Waals surface area contributed by atoms with E-state index in [1.54, 1.807) is 4.68 Å². The number of benzene rings is 1. The lowest BCUT2D eigenvalue weighted by molar-refractivity contribution is -0.137. The lowest BCUT2D eigenvalue weighted by Gasteiger charge is -2.19. The number of ether oxygens (including phenoxy) is 2. The lowest BCUT2D eigenvalue weighted by atomic mass is 10.0. The van der Waals surface area contributed by atoms with Crippen LogP contribution >= 0.6 is 0 Å². The van der Waals surface area contributed by atoms with Crippen molar-refractivity contribution in [2.45, 2.75) is 31.7 Å². The average Bonchev–Trinajstić information content (AvgIpc) is 3.48. The number of aliphatic hydroxyl groups excluding tert-OH is 1. The van der Waals surface area contributed by atoms with Gasteiger partial charge in [-0.25, -0.2) is 4.68 Å². The van der Waals surface area contributed by atoms with Crippen LogP contribution in [0.15, 0.2) is 24.3 Å². The number of hydrogen-bond donors (Lipinski definition) is 1. The Balaban J connectivity index is 1.88. The van der Waals surface area contributed by atoms with E-state index in [-0.39, 0.29) is 30.5 Å². The molecule has 1 aliphatic carbocycles. The van der Waals surface area contributed by atoms with E-state index in [1.165, 1.54) is 26.4 Å². The third-order valence-corrected chi connectivity index (χ3v) is 5.01. The first kappa shape index (κ1) is 19.4. The van der Waals surface area contributed by atoms with Crippen molar-refractivity contribution < 1.29 is 27.8 Å². The summed E-state index contributed by atoms with van der Waals surface area (Å²) in [6, 6.07) is 4.81. The molecule has 1 atom stereocenters. The topological polar surface area (TPSA) is 82.3 Å². The molecule has 1 saturated carbocycles. The first-order valence-corrected chi connectivity index (χ1v) is 9.02. The summed E-state index contributed by atoms with van der Waals surface area (Å²) in [6.45, 7) is -0.361. The van der Waals surface area contributed by atoms with Crippen LogP contribution in [-0.4, -0.2) is 39.1 Å². The molecule has 1 fully saturated rings. The second kappa shape index (κ2) is 7.18. The van der Waals surface area contributed by atoms with Gasteiger partial charge in [0.1, 0.15) is 11.1 Å². The smallest absolute Gasteiger partial charge is 0.416 e. The minimum atomic E-state index is -4.40. The number of aliphatic hydroxyl groups is 1. The van der Waals surface area contributed by atoms with Gasteiger partial charge in [-0.1, -0.05) is 12.1 Å². The minimum absolute atomic E-state index is 0.0713. The Morgan fingerprint density at radius 2 is 1.83 bits per heavy atom. The molecule has 29 heavy (non-hydrogen) atoms. The lowest BCUT2D eigenvalue weighted by Crippen LogP contribution is -2.16. The monoisotopic (exact) mass is 408 g/mol. The summed E-state index contributed by atoms with van der Waals surface area (Å²) in [4.78, 5) is 8.53. The van der Waals surface area contributed by atoms with Gasteiger partial charge in [0.25, 0.3) is 0 Å². The molecule has 0 amide bonds. The van der Waals surface area contributed by atoms with Gasteiger partial charge in [-0.2, -0.15) is 28.2 Å². The van der Waals surface area contributed by atoms with Crippen molar-refractivity contribution in [1.29, 1.82) is 0 Å². The van der Waals surface area contributed by atoms with E-state index in [2.05, 4.69) is 15.1 Å². The van der Waals surface area contributed by atoms with Crippen molar-refractivity contribution in [3.8, 4) is 11.9 Å².